The second kappa shape index (κ2) is 5.94. The summed E-state index contributed by atoms with van der Waals surface area (Å²) in [4.78, 5) is 11.4. The van der Waals surface area contributed by atoms with Crippen LogP contribution in [0.2, 0.25) is 5.02 Å². The van der Waals surface area contributed by atoms with Crippen molar-refractivity contribution in [2.24, 2.45) is 0 Å². The molecular weight excluding hydrogens is 295 g/mol. The number of hydrogen-bond donors (Lipinski definition) is 0. The first kappa shape index (κ1) is 13.7. The number of nitrogens with zero attached hydrogens (tertiary/aromatic N) is 2. The van der Waals surface area contributed by atoms with Crippen LogP contribution in [-0.2, 0) is 4.74 Å². The van der Waals surface area contributed by atoms with Crippen LogP contribution in [0.4, 0.5) is 4.39 Å². The van der Waals surface area contributed by atoms with Crippen LogP contribution in [0, 0.1) is 5.82 Å². The molecule has 100 valence electrons. The van der Waals surface area contributed by atoms with Gasteiger partial charge >= 0.3 is 5.97 Å². The van der Waals surface area contributed by atoms with Crippen molar-refractivity contribution < 1.29 is 18.7 Å². The number of halogens is 2. The van der Waals surface area contributed by atoms with E-state index in [1.54, 1.807) is 6.92 Å². The lowest BCUT2D eigenvalue weighted by molar-refractivity contribution is 0.0525. The van der Waals surface area contributed by atoms with Crippen LogP contribution in [0.25, 0.3) is 0 Å². The number of ether oxygens (including phenoxy) is 2. The summed E-state index contributed by atoms with van der Waals surface area (Å²) in [6.45, 7) is 1.94. The molecule has 0 aliphatic rings. The molecule has 0 saturated carbocycles. The van der Waals surface area contributed by atoms with Crippen molar-refractivity contribution in [3.05, 3.63) is 34.0 Å². The third-order valence-electron chi connectivity index (χ3n) is 1.95. The van der Waals surface area contributed by atoms with Gasteiger partial charge in [-0.2, -0.15) is 0 Å². The molecule has 0 aliphatic carbocycles. The Bertz CT molecular complexity index is 605. The maximum Gasteiger partial charge on any atom is 0.369 e. The van der Waals surface area contributed by atoms with E-state index < -0.39 is 11.8 Å². The molecule has 2 aromatic rings. The van der Waals surface area contributed by atoms with Crippen LogP contribution in [0.15, 0.2) is 18.2 Å². The number of carbonyl (C=O) groups is 1. The Morgan fingerprint density at radius 3 is 2.95 bits per heavy atom. The molecule has 0 unspecified atom stereocenters. The fourth-order valence-electron chi connectivity index (χ4n) is 1.17. The summed E-state index contributed by atoms with van der Waals surface area (Å²) in [6.07, 6.45) is 0. The second-order valence-electron chi connectivity index (χ2n) is 3.27. The van der Waals surface area contributed by atoms with Gasteiger partial charge in [-0.3, -0.25) is 0 Å². The summed E-state index contributed by atoms with van der Waals surface area (Å²) in [7, 11) is 0. The Balaban J connectivity index is 2.11. The largest absolute Gasteiger partial charge is 0.461 e. The van der Waals surface area contributed by atoms with Gasteiger partial charge in [-0.05, 0) is 30.4 Å². The van der Waals surface area contributed by atoms with Gasteiger partial charge in [0.25, 0.3) is 5.19 Å². The molecule has 0 spiro atoms. The number of benzene rings is 1. The summed E-state index contributed by atoms with van der Waals surface area (Å²) >= 11 is 6.55. The lowest BCUT2D eigenvalue weighted by Crippen LogP contribution is -2.03. The van der Waals surface area contributed by atoms with E-state index in [0.717, 1.165) is 11.3 Å². The molecular formula is C11H8ClFN2O3S. The van der Waals surface area contributed by atoms with Gasteiger partial charge in [0.15, 0.2) is 0 Å². The number of esters is 1. The minimum atomic E-state index is -0.563. The third-order valence-corrected chi connectivity index (χ3v) is 3.02. The maximum absolute atomic E-state index is 13.0. The van der Waals surface area contributed by atoms with Crippen molar-refractivity contribution in [2.75, 3.05) is 6.61 Å². The molecule has 2 rings (SSSR count). The minimum absolute atomic E-state index is 0.0624. The van der Waals surface area contributed by atoms with E-state index in [1.165, 1.54) is 18.2 Å². The topological polar surface area (TPSA) is 61.3 Å². The first-order valence-corrected chi connectivity index (χ1v) is 6.43. The van der Waals surface area contributed by atoms with Gasteiger partial charge in [0, 0.05) is 6.07 Å². The molecule has 0 N–H and O–H groups in total. The van der Waals surface area contributed by atoms with E-state index in [0.29, 0.717) is 5.75 Å². The fraction of sp³-hybridized carbons (Fsp3) is 0.182. The van der Waals surface area contributed by atoms with Gasteiger partial charge in [0.2, 0.25) is 5.01 Å². The Kier molecular flexibility index (Phi) is 4.28. The smallest absolute Gasteiger partial charge is 0.369 e. The summed E-state index contributed by atoms with van der Waals surface area (Å²) in [6, 6.07) is 3.87. The van der Waals surface area contributed by atoms with E-state index in [4.69, 9.17) is 21.1 Å². The van der Waals surface area contributed by atoms with Gasteiger partial charge in [-0.15, -0.1) is 5.10 Å². The number of hydrogen-bond acceptors (Lipinski definition) is 6. The molecule has 0 saturated heterocycles. The van der Waals surface area contributed by atoms with Gasteiger partial charge < -0.3 is 9.47 Å². The molecule has 0 aliphatic heterocycles. The fourth-order valence-corrected chi connectivity index (χ4v) is 1.95. The van der Waals surface area contributed by atoms with Gasteiger partial charge in [0.05, 0.1) is 11.6 Å². The van der Waals surface area contributed by atoms with E-state index in [9.17, 15) is 9.18 Å². The Morgan fingerprint density at radius 2 is 2.26 bits per heavy atom. The second-order valence-corrected chi connectivity index (χ2v) is 4.62. The minimum Gasteiger partial charge on any atom is -0.461 e. The zero-order valence-corrected chi connectivity index (χ0v) is 11.3. The number of aromatic nitrogens is 2. The Labute approximate surface area is 116 Å². The maximum atomic E-state index is 13.0. The van der Waals surface area contributed by atoms with Crippen LogP contribution in [0.1, 0.15) is 16.7 Å². The van der Waals surface area contributed by atoms with Gasteiger partial charge in [0.1, 0.15) is 11.6 Å². The number of rotatable bonds is 4. The summed E-state index contributed by atoms with van der Waals surface area (Å²) < 4.78 is 23.0. The van der Waals surface area contributed by atoms with E-state index in [-0.39, 0.29) is 21.8 Å². The lowest BCUT2D eigenvalue weighted by atomic mass is 10.3. The molecule has 0 atom stereocenters. The standard InChI is InChI=1S/C11H8ClFN2O3S/c1-2-17-10(16)9-14-15-11(19-9)18-6-3-4-8(13)7(12)5-6/h3-5H,2H2,1H3. The highest BCUT2D eigenvalue weighted by molar-refractivity contribution is 7.14. The molecule has 19 heavy (non-hydrogen) atoms. The first-order chi connectivity index (χ1) is 9.10. The highest BCUT2D eigenvalue weighted by atomic mass is 35.5. The Morgan fingerprint density at radius 1 is 1.47 bits per heavy atom. The molecule has 5 nitrogen and oxygen atoms in total. The van der Waals surface area contributed by atoms with Gasteiger partial charge in [-0.25, -0.2) is 9.18 Å². The molecule has 0 bridgehead atoms. The average molecular weight is 303 g/mol. The summed E-state index contributed by atoms with van der Waals surface area (Å²) in [5.74, 6) is -0.802. The molecule has 1 aromatic heterocycles. The van der Waals surface area contributed by atoms with E-state index in [1.807, 2.05) is 0 Å². The normalized spacial score (nSPS) is 10.3. The predicted molar refractivity (Wildman–Crippen MR) is 67.3 cm³/mol. The molecule has 0 amide bonds. The monoisotopic (exact) mass is 302 g/mol. The van der Waals surface area contributed by atoms with Crippen molar-refractivity contribution in [3.63, 3.8) is 0 Å². The Hall–Kier alpha value is -1.73. The molecule has 0 fully saturated rings. The third kappa shape index (κ3) is 3.39. The van der Waals surface area contributed by atoms with Gasteiger partial charge in [-0.1, -0.05) is 16.7 Å². The zero-order chi connectivity index (χ0) is 13.8. The van der Waals surface area contributed by atoms with E-state index in [2.05, 4.69) is 10.2 Å². The van der Waals surface area contributed by atoms with Crippen LogP contribution >= 0.6 is 22.9 Å². The SMILES string of the molecule is CCOC(=O)c1nnc(Oc2ccc(F)c(Cl)c2)s1. The highest BCUT2D eigenvalue weighted by Gasteiger charge is 2.15. The molecule has 8 heteroatoms. The van der Waals surface area contributed by atoms with Crippen LogP contribution in [0.3, 0.4) is 0 Å². The molecule has 1 heterocycles. The number of carbonyl (C=O) groups excluding carboxylic acids is 1. The van der Waals surface area contributed by atoms with Crippen molar-refractivity contribution in [3.8, 4) is 10.9 Å². The molecule has 0 radical (unpaired) electrons. The average Bonchev–Trinajstić information content (AvgIpc) is 2.83. The lowest BCUT2D eigenvalue weighted by Gasteiger charge is -2.01. The highest BCUT2D eigenvalue weighted by Crippen LogP contribution is 2.28. The van der Waals surface area contributed by atoms with E-state index >= 15 is 0 Å². The predicted octanol–water partition coefficient (Wildman–Crippen LogP) is 3.30. The van der Waals surface area contributed by atoms with Crippen molar-refractivity contribution in [1.82, 2.24) is 10.2 Å². The van der Waals surface area contributed by atoms with Crippen molar-refractivity contribution in [2.45, 2.75) is 6.92 Å². The molecule has 1 aromatic carbocycles. The quantitative estimate of drug-likeness (QED) is 0.811. The van der Waals surface area contributed by atoms with Crippen molar-refractivity contribution in [1.29, 1.82) is 0 Å². The summed E-state index contributed by atoms with van der Waals surface area (Å²) in [5, 5.41) is 7.48. The zero-order valence-electron chi connectivity index (χ0n) is 9.72. The van der Waals surface area contributed by atoms with Crippen LogP contribution < -0.4 is 4.74 Å². The summed E-state index contributed by atoms with van der Waals surface area (Å²) in [5.41, 5.74) is 0. The first-order valence-electron chi connectivity index (χ1n) is 5.23. The van der Waals surface area contributed by atoms with Crippen LogP contribution in [0.5, 0.6) is 10.9 Å². The van der Waals surface area contributed by atoms with Crippen molar-refractivity contribution >= 4 is 28.9 Å². The van der Waals surface area contributed by atoms with Crippen LogP contribution in [-0.4, -0.2) is 22.8 Å².